The zero-order chi connectivity index (χ0) is 11.0. The predicted octanol–water partition coefficient (Wildman–Crippen LogP) is 1.64. The molecule has 2 N–H and O–H groups in total. The van der Waals surface area contributed by atoms with Gasteiger partial charge < -0.3 is 10.2 Å². The summed E-state index contributed by atoms with van der Waals surface area (Å²) in [5, 5.41) is 19.2. The van der Waals surface area contributed by atoms with Gasteiger partial charge in [0.15, 0.2) is 5.69 Å². The number of halogens is 1. The quantitative estimate of drug-likeness (QED) is 0.752. The number of rotatable bonds is 1. The van der Waals surface area contributed by atoms with E-state index in [-0.39, 0.29) is 41.0 Å². The molecule has 1 heterocycles. The second kappa shape index (κ2) is 5.01. The van der Waals surface area contributed by atoms with Crippen LogP contribution in [0, 0.1) is 0 Å². The van der Waals surface area contributed by atoms with Crippen LogP contribution >= 0.6 is 11.6 Å². The van der Waals surface area contributed by atoms with Crippen molar-refractivity contribution < 1.29 is 15.0 Å². The van der Waals surface area contributed by atoms with Crippen molar-refractivity contribution in [2.45, 2.75) is 0 Å². The summed E-state index contributed by atoms with van der Waals surface area (Å²) in [6.45, 7) is 0. The van der Waals surface area contributed by atoms with E-state index in [0.29, 0.717) is 15.9 Å². The maximum absolute atomic E-state index is 10.7. The summed E-state index contributed by atoms with van der Waals surface area (Å²) in [6, 6.07) is 5.80. The van der Waals surface area contributed by atoms with Crippen molar-refractivity contribution in [1.29, 1.82) is 0 Å². The van der Waals surface area contributed by atoms with E-state index in [0.717, 1.165) is 6.07 Å². The molecule has 16 heavy (non-hydrogen) atoms. The molecule has 0 aliphatic heterocycles. The molecule has 1 aromatic heterocycles. The maximum atomic E-state index is 10.7. The standard InChI is InChI=1S/C10H6ClNO3.Na.H/c11-5-1-2-6-7(3-5)12-8(10(14)15)4-9(6)13;;/h1-4H,(H,12,13)(H,14,15);;. The van der Waals surface area contributed by atoms with Gasteiger partial charge in [-0.2, -0.15) is 0 Å². The first-order chi connectivity index (χ1) is 7.08. The van der Waals surface area contributed by atoms with Gasteiger partial charge >= 0.3 is 35.5 Å². The summed E-state index contributed by atoms with van der Waals surface area (Å²) in [6.07, 6.45) is 0. The second-order valence-corrected chi connectivity index (χ2v) is 3.43. The summed E-state index contributed by atoms with van der Waals surface area (Å²) < 4.78 is 0. The Balaban J connectivity index is 0.00000128. The predicted molar refractivity (Wildman–Crippen MR) is 62.5 cm³/mol. The Bertz CT molecular complexity index is 559. The number of carboxylic acid groups (broad SMARTS) is 1. The topological polar surface area (TPSA) is 70.4 Å². The molecule has 78 valence electrons. The number of aromatic nitrogens is 1. The number of hydrogen-bond acceptors (Lipinski definition) is 3. The van der Waals surface area contributed by atoms with Gasteiger partial charge in [0, 0.05) is 16.5 Å². The van der Waals surface area contributed by atoms with Gasteiger partial charge in [-0.15, -0.1) is 0 Å². The Morgan fingerprint density at radius 2 is 2.00 bits per heavy atom. The summed E-state index contributed by atoms with van der Waals surface area (Å²) in [4.78, 5) is 14.5. The number of hydrogen-bond donors (Lipinski definition) is 2. The molecule has 2 rings (SSSR count). The van der Waals surface area contributed by atoms with E-state index in [1.807, 2.05) is 0 Å². The van der Waals surface area contributed by atoms with Gasteiger partial charge in [-0.05, 0) is 18.2 Å². The molecule has 0 saturated carbocycles. The fourth-order valence-corrected chi connectivity index (χ4v) is 1.46. The minimum atomic E-state index is -1.19. The molecular weight excluding hydrogens is 241 g/mol. The molecule has 0 aliphatic carbocycles. The molecule has 0 atom stereocenters. The summed E-state index contributed by atoms with van der Waals surface area (Å²) in [7, 11) is 0. The number of carboxylic acids is 1. The number of aromatic hydroxyl groups is 1. The van der Waals surface area contributed by atoms with Crippen LogP contribution in [-0.2, 0) is 0 Å². The van der Waals surface area contributed by atoms with Gasteiger partial charge in [-0.1, -0.05) is 11.6 Å². The first-order valence-electron chi connectivity index (χ1n) is 4.10. The van der Waals surface area contributed by atoms with E-state index in [4.69, 9.17) is 16.7 Å². The third kappa shape index (κ3) is 2.47. The van der Waals surface area contributed by atoms with Crippen molar-refractivity contribution in [2.24, 2.45) is 0 Å². The molecule has 0 amide bonds. The minimum absolute atomic E-state index is 0. The van der Waals surface area contributed by atoms with Crippen LogP contribution in [0.3, 0.4) is 0 Å². The van der Waals surface area contributed by atoms with Gasteiger partial charge in [-0.3, -0.25) is 0 Å². The SMILES string of the molecule is O=C(O)c1cc(O)c2ccc(Cl)cc2n1.[NaH]. The number of benzene rings is 1. The van der Waals surface area contributed by atoms with Crippen LogP contribution in [0.15, 0.2) is 24.3 Å². The first-order valence-corrected chi connectivity index (χ1v) is 4.48. The van der Waals surface area contributed by atoms with Crippen molar-refractivity contribution >= 4 is 58.0 Å². The van der Waals surface area contributed by atoms with Crippen molar-refractivity contribution in [3.63, 3.8) is 0 Å². The van der Waals surface area contributed by atoms with E-state index in [9.17, 15) is 9.90 Å². The van der Waals surface area contributed by atoms with Crippen LogP contribution in [0.1, 0.15) is 10.5 Å². The molecule has 0 saturated heterocycles. The Morgan fingerprint density at radius 3 is 2.62 bits per heavy atom. The van der Waals surface area contributed by atoms with Crippen LogP contribution in [0.25, 0.3) is 10.9 Å². The average molecular weight is 248 g/mol. The molecule has 0 radical (unpaired) electrons. The Hall–Kier alpha value is -0.810. The van der Waals surface area contributed by atoms with E-state index < -0.39 is 5.97 Å². The van der Waals surface area contributed by atoms with E-state index >= 15 is 0 Å². The molecule has 0 fully saturated rings. The van der Waals surface area contributed by atoms with E-state index in [1.54, 1.807) is 12.1 Å². The van der Waals surface area contributed by atoms with Gasteiger partial charge in [0.1, 0.15) is 5.75 Å². The van der Waals surface area contributed by atoms with Crippen LogP contribution in [0.4, 0.5) is 0 Å². The van der Waals surface area contributed by atoms with Gasteiger partial charge in [0.25, 0.3) is 0 Å². The van der Waals surface area contributed by atoms with Crippen molar-refractivity contribution in [3.05, 3.63) is 35.0 Å². The van der Waals surface area contributed by atoms with Crippen LogP contribution in [-0.4, -0.2) is 50.7 Å². The Kier molecular flexibility index (Phi) is 4.15. The molecule has 0 aliphatic rings. The number of fused-ring (bicyclic) bond motifs is 1. The van der Waals surface area contributed by atoms with Crippen LogP contribution in [0.2, 0.25) is 5.02 Å². The fraction of sp³-hybridized carbons (Fsp3) is 0. The zero-order valence-electron chi connectivity index (χ0n) is 7.44. The molecule has 0 spiro atoms. The molecule has 0 unspecified atom stereocenters. The van der Waals surface area contributed by atoms with Gasteiger partial charge in [0.05, 0.1) is 5.52 Å². The zero-order valence-corrected chi connectivity index (χ0v) is 8.19. The first kappa shape index (κ1) is 13.3. The van der Waals surface area contributed by atoms with Gasteiger partial charge in [0.2, 0.25) is 0 Å². The van der Waals surface area contributed by atoms with Crippen LogP contribution < -0.4 is 0 Å². The van der Waals surface area contributed by atoms with Crippen molar-refractivity contribution in [3.8, 4) is 5.75 Å². The van der Waals surface area contributed by atoms with E-state index in [1.165, 1.54) is 6.07 Å². The number of pyridine rings is 1. The Morgan fingerprint density at radius 1 is 1.31 bits per heavy atom. The second-order valence-electron chi connectivity index (χ2n) is 2.99. The molecule has 4 nitrogen and oxygen atoms in total. The van der Waals surface area contributed by atoms with Crippen molar-refractivity contribution in [1.82, 2.24) is 4.98 Å². The number of aromatic carboxylic acids is 1. The average Bonchev–Trinajstić information content (AvgIpc) is 2.16. The summed E-state index contributed by atoms with van der Waals surface area (Å²) in [5.74, 6) is -1.30. The molecular formula is C10H7ClNNaO3. The van der Waals surface area contributed by atoms with Crippen LogP contribution in [0.5, 0.6) is 5.75 Å². The fourth-order valence-electron chi connectivity index (χ4n) is 1.29. The summed E-state index contributed by atoms with van der Waals surface area (Å²) in [5.41, 5.74) is 0.155. The van der Waals surface area contributed by atoms with E-state index in [2.05, 4.69) is 4.98 Å². The third-order valence-corrected chi connectivity index (χ3v) is 2.20. The number of nitrogens with zero attached hydrogens (tertiary/aromatic N) is 1. The van der Waals surface area contributed by atoms with Crippen molar-refractivity contribution in [2.75, 3.05) is 0 Å². The van der Waals surface area contributed by atoms with Gasteiger partial charge in [-0.25, -0.2) is 9.78 Å². The third-order valence-electron chi connectivity index (χ3n) is 1.97. The number of carbonyl (C=O) groups is 1. The monoisotopic (exact) mass is 247 g/mol. The molecule has 0 bridgehead atoms. The summed E-state index contributed by atoms with van der Waals surface area (Å²) >= 11 is 5.73. The molecule has 1 aromatic carbocycles. The normalized spacial score (nSPS) is 9.81. The molecule has 2 aromatic rings. The Labute approximate surface area is 118 Å². The molecule has 6 heteroatoms.